The van der Waals surface area contributed by atoms with Crippen LogP contribution in [0.4, 0.5) is 0 Å². The minimum absolute atomic E-state index is 0.509. The Bertz CT molecular complexity index is 2930. The number of fused-ring (bicyclic) bond motifs is 7. The lowest BCUT2D eigenvalue weighted by molar-refractivity contribution is 0.235. The first-order valence-electron chi connectivity index (χ1n) is 34.4. The molecule has 452 valence electrons. The molecule has 4 aromatic heterocycles. The molecule has 82 heavy (non-hydrogen) atoms. The highest BCUT2D eigenvalue weighted by Gasteiger charge is 2.27. The highest BCUT2D eigenvalue weighted by atomic mass is 32.1. The predicted octanol–water partition coefficient (Wildman–Crippen LogP) is 24.2. The van der Waals surface area contributed by atoms with E-state index in [-0.39, 0.29) is 0 Å². The van der Waals surface area contributed by atoms with Crippen molar-refractivity contribution < 1.29 is 9.47 Å². The number of hydrogen-bond donors (Lipinski definition) is 0. The summed E-state index contributed by atoms with van der Waals surface area (Å²) in [6.45, 7) is 24.5. The molecule has 3 aromatic carbocycles. The smallest absolute Gasteiger partial charge is 0.146 e. The van der Waals surface area contributed by atoms with Gasteiger partial charge in [0.2, 0.25) is 0 Å². The molecule has 0 N–H and O–H groups in total. The van der Waals surface area contributed by atoms with Crippen LogP contribution in [0, 0.1) is 25.7 Å². The van der Waals surface area contributed by atoms with Gasteiger partial charge in [-0.1, -0.05) is 222 Å². The molecule has 6 nitrogen and oxygen atoms in total. The molecule has 0 spiro atoms. The molecule has 2 unspecified atom stereocenters. The highest BCUT2D eigenvalue weighted by molar-refractivity contribution is 7.23. The summed E-state index contributed by atoms with van der Waals surface area (Å²) in [7, 11) is 0. The van der Waals surface area contributed by atoms with Crippen LogP contribution in [-0.2, 0) is 25.7 Å². The van der Waals surface area contributed by atoms with Crippen molar-refractivity contribution in [1.29, 1.82) is 0 Å². The molecular formula is C74H112N4O2S2. The van der Waals surface area contributed by atoms with Crippen molar-refractivity contribution in [3.63, 3.8) is 0 Å². The van der Waals surface area contributed by atoms with E-state index in [1.807, 2.05) is 22.7 Å². The van der Waals surface area contributed by atoms with Gasteiger partial charge in [-0.05, 0) is 120 Å². The van der Waals surface area contributed by atoms with E-state index in [2.05, 4.69) is 93.5 Å². The van der Waals surface area contributed by atoms with Crippen molar-refractivity contribution in [1.82, 2.24) is 19.9 Å². The molecule has 0 aliphatic rings. The van der Waals surface area contributed by atoms with Crippen LogP contribution in [0.2, 0.25) is 0 Å². The minimum Gasteiger partial charge on any atom is -0.491 e. The van der Waals surface area contributed by atoms with Crippen molar-refractivity contribution in [2.45, 2.75) is 300 Å². The Hall–Kier alpha value is -3.88. The average molecular weight is 1150 g/mol. The Labute approximate surface area is 507 Å². The molecule has 0 fully saturated rings. The highest BCUT2D eigenvalue weighted by Crippen LogP contribution is 2.52. The van der Waals surface area contributed by atoms with Crippen LogP contribution in [0.5, 0.6) is 11.5 Å². The van der Waals surface area contributed by atoms with Gasteiger partial charge in [-0.15, -0.1) is 22.7 Å². The maximum atomic E-state index is 7.26. The second-order valence-corrected chi connectivity index (χ2v) is 27.3. The summed E-state index contributed by atoms with van der Waals surface area (Å²) in [5.41, 5.74) is 11.3. The first kappa shape index (κ1) is 65.7. The largest absolute Gasteiger partial charge is 0.491 e. The van der Waals surface area contributed by atoms with E-state index in [4.69, 9.17) is 29.4 Å². The van der Waals surface area contributed by atoms with Crippen LogP contribution in [0.15, 0.2) is 24.3 Å². The van der Waals surface area contributed by atoms with Gasteiger partial charge in [0.25, 0.3) is 0 Å². The Morgan fingerprint density at radius 3 is 1.17 bits per heavy atom. The lowest BCUT2D eigenvalue weighted by atomic mass is 9.96. The summed E-state index contributed by atoms with van der Waals surface area (Å²) >= 11 is 3.74. The summed E-state index contributed by atoms with van der Waals surface area (Å²) in [6, 6.07) is 9.71. The quantitative estimate of drug-likeness (QED) is 0.0280. The van der Waals surface area contributed by atoms with E-state index in [1.54, 1.807) is 0 Å². The monoisotopic (exact) mass is 1150 g/mol. The molecule has 0 amide bonds. The van der Waals surface area contributed by atoms with E-state index in [0.717, 1.165) is 121 Å². The minimum atomic E-state index is 0.509. The molecule has 0 radical (unpaired) electrons. The zero-order chi connectivity index (χ0) is 58.1. The lowest BCUT2D eigenvalue weighted by Crippen LogP contribution is -2.12. The number of aromatic nitrogens is 4. The topological polar surface area (TPSA) is 70.0 Å². The fourth-order valence-corrected chi connectivity index (χ4v) is 14.8. The van der Waals surface area contributed by atoms with E-state index in [0.29, 0.717) is 11.8 Å². The maximum Gasteiger partial charge on any atom is 0.146 e. The summed E-state index contributed by atoms with van der Waals surface area (Å²) in [6.07, 6.45) is 43.8. The molecule has 7 rings (SSSR count). The van der Waals surface area contributed by atoms with Gasteiger partial charge in [0.05, 0.1) is 67.5 Å². The van der Waals surface area contributed by atoms with Crippen LogP contribution in [-0.4, -0.2) is 33.1 Å². The van der Waals surface area contributed by atoms with Gasteiger partial charge in [0, 0.05) is 36.9 Å². The first-order chi connectivity index (χ1) is 40.2. The lowest BCUT2D eigenvalue weighted by Gasteiger charge is -2.19. The summed E-state index contributed by atoms with van der Waals surface area (Å²) in [4.78, 5) is 26.0. The van der Waals surface area contributed by atoms with Gasteiger partial charge in [0.15, 0.2) is 0 Å². The molecule has 7 aromatic rings. The average Bonchev–Trinajstić information content (AvgIpc) is 3.59. The first-order valence-corrected chi connectivity index (χ1v) is 36.1. The number of benzene rings is 3. The summed E-state index contributed by atoms with van der Waals surface area (Å²) < 4.78 is 16.9. The molecule has 4 heterocycles. The van der Waals surface area contributed by atoms with E-state index in [1.165, 1.54) is 232 Å². The Morgan fingerprint density at radius 2 is 0.732 bits per heavy atom. The summed E-state index contributed by atoms with van der Waals surface area (Å²) in [5, 5.41) is 4.68. The van der Waals surface area contributed by atoms with Crippen LogP contribution >= 0.6 is 22.7 Å². The third kappa shape index (κ3) is 18.1. The summed E-state index contributed by atoms with van der Waals surface area (Å²) in [5.74, 6) is 3.07. The van der Waals surface area contributed by atoms with E-state index >= 15 is 0 Å². The van der Waals surface area contributed by atoms with Crippen LogP contribution in [0.25, 0.3) is 63.5 Å². The van der Waals surface area contributed by atoms with Crippen LogP contribution < -0.4 is 9.47 Å². The van der Waals surface area contributed by atoms with Gasteiger partial charge in [-0.2, -0.15) is 0 Å². The van der Waals surface area contributed by atoms with E-state index < -0.39 is 0 Å². The van der Waals surface area contributed by atoms with Crippen molar-refractivity contribution in [3.05, 3.63) is 57.5 Å². The predicted molar refractivity (Wildman–Crippen MR) is 362 cm³/mol. The third-order valence-electron chi connectivity index (χ3n) is 18.0. The molecule has 0 aliphatic heterocycles. The van der Waals surface area contributed by atoms with Crippen molar-refractivity contribution in [3.8, 4) is 21.9 Å². The molecule has 0 aliphatic carbocycles. The number of unbranched alkanes of at least 4 members (excludes halogenated alkanes) is 22. The normalized spacial score (nSPS) is 12.8. The maximum absolute atomic E-state index is 7.26. The number of ether oxygens (including phenoxy) is 2. The second kappa shape index (κ2) is 35.5. The van der Waals surface area contributed by atoms with Crippen molar-refractivity contribution in [2.24, 2.45) is 11.8 Å². The van der Waals surface area contributed by atoms with Crippen LogP contribution in [0.3, 0.4) is 0 Å². The van der Waals surface area contributed by atoms with Crippen molar-refractivity contribution >= 4 is 75.7 Å². The zero-order valence-electron chi connectivity index (χ0n) is 53.8. The number of aryl methyl sites for hydroxylation is 6. The third-order valence-corrected chi connectivity index (χ3v) is 20.2. The van der Waals surface area contributed by atoms with E-state index in [9.17, 15) is 0 Å². The fourth-order valence-electron chi connectivity index (χ4n) is 12.6. The SMILES string of the molecule is CCCCCCCCc1nc2c(C)cc3c(cc(-c4cc5c(OCC(CC)CCCC)c6sc(C)cc6c(OCC(CC)CCCC)c5s4)c4nc(CCCCCCCC)c(CCCCCCCC)nc43)c2nc1CCCCCCCC. The molecular weight excluding hydrogens is 1040 g/mol. The number of rotatable bonds is 43. The second-order valence-electron chi connectivity index (χ2n) is 25.0. The van der Waals surface area contributed by atoms with Gasteiger partial charge < -0.3 is 9.47 Å². The molecule has 2 atom stereocenters. The Kier molecular flexibility index (Phi) is 28.5. The molecule has 8 heteroatoms. The van der Waals surface area contributed by atoms with Gasteiger partial charge in [-0.25, -0.2) is 19.9 Å². The molecule has 0 saturated heterocycles. The molecule has 0 bridgehead atoms. The standard InChI is InChI=1S/C74H112N4O2S2/c1-11-19-25-29-33-37-43-62-63(44-38-34-30-26-20-12-2)76-68-58-49-59(70-69(57(58)47-53(9)67(68)75-62)77-64(45-39-35-31-27-21-13-3)65(78-70)46-40-36-32-28-22-14-4)66-50-61-72(80-52-56(18-8)42-24-16-6)73-60(48-54(10)81-73)71(74(61)82-66)79-51-55(17-7)41-23-15-5/h47-50,55-56H,11-46,51-52H2,1-10H3. The number of nitrogens with zero attached hydrogens (tertiary/aromatic N) is 4. The van der Waals surface area contributed by atoms with Crippen LogP contribution in [0.1, 0.15) is 294 Å². The zero-order valence-corrected chi connectivity index (χ0v) is 55.4. The Morgan fingerprint density at radius 1 is 0.366 bits per heavy atom. The van der Waals surface area contributed by atoms with Gasteiger partial charge >= 0.3 is 0 Å². The molecule has 0 saturated carbocycles. The Balaban J connectivity index is 1.49. The fraction of sp³-hybridized carbons (Fsp3) is 0.676. The van der Waals surface area contributed by atoms with Crippen molar-refractivity contribution in [2.75, 3.05) is 13.2 Å². The van der Waals surface area contributed by atoms with Gasteiger partial charge in [0.1, 0.15) is 11.5 Å². The number of thiophene rings is 2. The van der Waals surface area contributed by atoms with Gasteiger partial charge in [-0.3, -0.25) is 0 Å². The number of hydrogen-bond acceptors (Lipinski definition) is 8.